The predicted molar refractivity (Wildman–Crippen MR) is 67.8 cm³/mol. The van der Waals surface area contributed by atoms with Gasteiger partial charge in [0.25, 0.3) is 0 Å². The summed E-state index contributed by atoms with van der Waals surface area (Å²) in [6.07, 6.45) is 1.47. The van der Waals surface area contributed by atoms with Gasteiger partial charge in [-0.15, -0.1) is 0 Å². The van der Waals surface area contributed by atoms with Crippen LogP contribution in [0.5, 0.6) is 0 Å². The molecular weight excluding hydrogens is 254 g/mol. The van der Waals surface area contributed by atoms with Crippen molar-refractivity contribution >= 4 is 23.3 Å². The Morgan fingerprint density at radius 1 is 1.33 bits per heavy atom. The monoisotopic (exact) mass is 263 g/mol. The second-order valence-electron chi connectivity index (χ2n) is 3.54. The molecule has 6 heteroatoms. The Morgan fingerprint density at radius 3 is 2.78 bits per heavy atom. The standard InChI is InChI=1S/C12H10ClN3O2/c13-11-3-1-2-9(16-11)7-14-8-4-5-10(12(17)18)15-6-8/h1-6,14H,7H2,(H,17,18). The van der Waals surface area contributed by atoms with E-state index in [0.717, 1.165) is 11.4 Å². The fourth-order valence-corrected chi connectivity index (χ4v) is 1.55. The van der Waals surface area contributed by atoms with Crippen LogP contribution in [0.4, 0.5) is 5.69 Å². The number of nitrogens with zero attached hydrogens (tertiary/aromatic N) is 2. The Morgan fingerprint density at radius 2 is 2.17 bits per heavy atom. The highest BCUT2D eigenvalue weighted by Crippen LogP contribution is 2.09. The number of aromatic carboxylic acids is 1. The second kappa shape index (κ2) is 5.46. The molecule has 0 aliphatic carbocycles. The number of hydrogen-bond donors (Lipinski definition) is 2. The topological polar surface area (TPSA) is 75.1 Å². The molecule has 0 aromatic carbocycles. The molecule has 0 bridgehead atoms. The lowest BCUT2D eigenvalue weighted by Gasteiger charge is -2.05. The van der Waals surface area contributed by atoms with Gasteiger partial charge in [-0.3, -0.25) is 0 Å². The lowest BCUT2D eigenvalue weighted by atomic mass is 10.3. The van der Waals surface area contributed by atoms with Crippen molar-refractivity contribution in [3.8, 4) is 0 Å². The van der Waals surface area contributed by atoms with Crippen LogP contribution in [0.25, 0.3) is 0 Å². The molecule has 5 nitrogen and oxygen atoms in total. The normalized spacial score (nSPS) is 10.1. The third-order valence-electron chi connectivity index (χ3n) is 2.23. The van der Waals surface area contributed by atoms with Gasteiger partial charge in [0.2, 0.25) is 0 Å². The number of pyridine rings is 2. The number of rotatable bonds is 4. The number of aromatic nitrogens is 2. The molecule has 0 saturated carbocycles. The zero-order valence-corrected chi connectivity index (χ0v) is 10.1. The first-order valence-electron chi connectivity index (χ1n) is 5.20. The largest absolute Gasteiger partial charge is 0.477 e. The van der Waals surface area contributed by atoms with E-state index in [9.17, 15) is 4.79 Å². The number of carbonyl (C=O) groups is 1. The predicted octanol–water partition coefficient (Wildman–Crippen LogP) is 2.44. The van der Waals surface area contributed by atoms with Gasteiger partial charge < -0.3 is 10.4 Å². The zero-order chi connectivity index (χ0) is 13.0. The molecule has 0 spiro atoms. The molecule has 2 N–H and O–H groups in total. The van der Waals surface area contributed by atoms with Crippen molar-refractivity contribution in [1.82, 2.24) is 9.97 Å². The maximum atomic E-state index is 10.6. The highest BCUT2D eigenvalue weighted by molar-refractivity contribution is 6.29. The summed E-state index contributed by atoms with van der Waals surface area (Å²) in [5.74, 6) is -1.04. The van der Waals surface area contributed by atoms with Crippen molar-refractivity contribution in [1.29, 1.82) is 0 Å². The summed E-state index contributed by atoms with van der Waals surface area (Å²) in [5, 5.41) is 12.2. The molecular formula is C12H10ClN3O2. The van der Waals surface area contributed by atoms with Crippen molar-refractivity contribution < 1.29 is 9.90 Å². The van der Waals surface area contributed by atoms with Crippen molar-refractivity contribution in [3.63, 3.8) is 0 Å². The molecule has 0 aliphatic heterocycles. The fraction of sp³-hybridized carbons (Fsp3) is 0.0833. The van der Waals surface area contributed by atoms with Crippen LogP contribution in [0, 0.1) is 0 Å². The van der Waals surface area contributed by atoms with E-state index in [-0.39, 0.29) is 5.69 Å². The molecule has 0 aliphatic rings. The van der Waals surface area contributed by atoms with Gasteiger partial charge in [0.1, 0.15) is 10.8 Å². The van der Waals surface area contributed by atoms with Gasteiger partial charge >= 0.3 is 5.97 Å². The van der Waals surface area contributed by atoms with Crippen molar-refractivity contribution in [2.75, 3.05) is 5.32 Å². The summed E-state index contributed by atoms with van der Waals surface area (Å²) < 4.78 is 0. The third-order valence-corrected chi connectivity index (χ3v) is 2.44. The Hall–Kier alpha value is -2.14. The molecule has 2 heterocycles. The molecule has 92 valence electrons. The van der Waals surface area contributed by atoms with Crippen LogP contribution in [-0.2, 0) is 6.54 Å². The van der Waals surface area contributed by atoms with Gasteiger partial charge in [-0.25, -0.2) is 14.8 Å². The van der Waals surface area contributed by atoms with Gasteiger partial charge in [-0.1, -0.05) is 17.7 Å². The highest BCUT2D eigenvalue weighted by Gasteiger charge is 2.03. The molecule has 0 amide bonds. The number of carboxylic acids is 1. The number of anilines is 1. The van der Waals surface area contributed by atoms with Crippen molar-refractivity contribution in [2.45, 2.75) is 6.54 Å². The summed E-state index contributed by atoms with van der Waals surface area (Å²) in [7, 11) is 0. The van der Waals surface area contributed by atoms with Crippen LogP contribution < -0.4 is 5.32 Å². The van der Waals surface area contributed by atoms with Crippen LogP contribution in [0.2, 0.25) is 5.15 Å². The third kappa shape index (κ3) is 3.18. The smallest absolute Gasteiger partial charge is 0.354 e. The van der Waals surface area contributed by atoms with Gasteiger partial charge in [0.05, 0.1) is 24.1 Å². The van der Waals surface area contributed by atoms with E-state index in [1.54, 1.807) is 12.1 Å². The Bertz CT molecular complexity index is 558. The molecule has 0 fully saturated rings. The molecule has 0 radical (unpaired) electrons. The van der Waals surface area contributed by atoms with Crippen LogP contribution in [0.15, 0.2) is 36.5 Å². The zero-order valence-electron chi connectivity index (χ0n) is 9.30. The van der Waals surface area contributed by atoms with E-state index < -0.39 is 5.97 Å². The van der Waals surface area contributed by atoms with E-state index in [0.29, 0.717) is 11.7 Å². The molecule has 2 aromatic heterocycles. The average molecular weight is 264 g/mol. The molecule has 0 unspecified atom stereocenters. The van der Waals surface area contributed by atoms with Crippen LogP contribution in [0.3, 0.4) is 0 Å². The number of carboxylic acid groups (broad SMARTS) is 1. The fourth-order valence-electron chi connectivity index (χ4n) is 1.37. The summed E-state index contributed by atoms with van der Waals surface area (Å²) in [4.78, 5) is 18.5. The van der Waals surface area contributed by atoms with Gasteiger partial charge in [-0.05, 0) is 24.3 Å². The Balaban J connectivity index is 2.00. The van der Waals surface area contributed by atoms with Crippen LogP contribution in [0.1, 0.15) is 16.2 Å². The average Bonchev–Trinajstić information content (AvgIpc) is 2.37. The summed E-state index contributed by atoms with van der Waals surface area (Å²) in [5.41, 5.74) is 1.54. The van der Waals surface area contributed by atoms with Gasteiger partial charge in [0, 0.05) is 0 Å². The number of hydrogen-bond acceptors (Lipinski definition) is 4. The Labute approximate surface area is 108 Å². The quantitative estimate of drug-likeness (QED) is 0.829. The minimum absolute atomic E-state index is 0.0152. The van der Waals surface area contributed by atoms with Crippen molar-refractivity contribution in [2.24, 2.45) is 0 Å². The SMILES string of the molecule is O=C(O)c1ccc(NCc2cccc(Cl)n2)cn1. The van der Waals surface area contributed by atoms with Gasteiger partial charge in [-0.2, -0.15) is 0 Å². The lowest BCUT2D eigenvalue weighted by molar-refractivity contribution is 0.0690. The first kappa shape index (κ1) is 12.3. The maximum absolute atomic E-state index is 10.6. The molecule has 2 rings (SSSR count). The van der Waals surface area contributed by atoms with E-state index in [1.165, 1.54) is 12.3 Å². The minimum atomic E-state index is -1.04. The summed E-state index contributed by atoms with van der Waals surface area (Å²) >= 11 is 5.77. The van der Waals surface area contributed by atoms with Crippen LogP contribution >= 0.6 is 11.6 Å². The maximum Gasteiger partial charge on any atom is 0.354 e. The molecule has 0 saturated heterocycles. The molecule has 0 atom stereocenters. The lowest BCUT2D eigenvalue weighted by Crippen LogP contribution is -2.04. The van der Waals surface area contributed by atoms with E-state index in [4.69, 9.17) is 16.7 Å². The van der Waals surface area contributed by atoms with E-state index >= 15 is 0 Å². The van der Waals surface area contributed by atoms with E-state index in [1.807, 2.05) is 12.1 Å². The first-order chi connectivity index (χ1) is 8.65. The number of halogens is 1. The number of nitrogens with one attached hydrogen (secondary N) is 1. The minimum Gasteiger partial charge on any atom is -0.477 e. The summed E-state index contributed by atoms with van der Waals surface area (Å²) in [6.45, 7) is 0.495. The van der Waals surface area contributed by atoms with E-state index in [2.05, 4.69) is 15.3 Å². The first-order valence-corrected chi connectivity index (χ1v) is 5.57. The van der Waals surface area contributed by atoms with Crippen molar-refractivity contribution in [3.05, 3.63) is 53.1 Å². The Kier molecular flexibility index (Phi) is 3.74. The highest BCUT2D eigenvalue weighted by atomic mass is 35.5. The molecule has 18 heavy (non-hydrogen) atoms. The molecule has 2 aromatic rings. The second-order valence-corrected chi connectivity index (χ2v) is 3.93. The summed E-state index contributed by atoms with van der Waals surface area (Å²) in [6, 6.07) is 8.46. The van der Waals surface area contributed by atoms with Crippen LogP contribution in [-0.4, -0.2) is 21.0 Å². The van der Waals surface area contributed by atoms with Gasteiger partial charge in [0.15, 0.2) is 0 Å².